The molecule has 0 aliphatic carbocycles. The quantitative estimate of drug-likeness (QED) is 0.778. The second kappa shape index (κ2) is 6.69. The normalized spacial score (nSPS) is 15.9. The summed E-state index contributed by atoms with van der Waals surface area (Å²) in [6.45, 7) is 4.81. The summed E-state index contributed by atoms with van der Waals surface area (Å²) >= 11 is 12.6. The van der Waals surface area contributed by atoms with E-state index in [1.54, 1.807) is 12.3 Å². The highest BCUT2D eigenvalue weighted by Gasteiger charge is 2.20. The van der Waals surface area contributed by atoms with Gasteiger partial charge in [-0.1, -0.05) is 23.2 Å². The average molecular weight is 362 g/mol. The van der Waals surface area contributed by atoms with Crippen molar-refractivity contribution in [2.45, 2.75) is 6.54 Å². The largest absolute Gasteiger partial charge is 0.314 e. The van der Waals surface area contributed by atoms with E-state index in [-0.39, 0.29) is 0 Å². The SMILES string of the molecule is Clc1cc(Cl)c2nc(-c3cccnc3)c(CN3CCNCC3)n2c1. The molecule has 1 aliphatic heterocycles. The molecule has 4 heterocycles. The van der Waals surface area contributed by atoms with Crippen molar-refractivity contribution in [1.82, 2.24) is 24.6 Å². The minimum absolute atomic E-state index is 0.555. The van der Waals surface area contributed by atoms with Gasteiger partial charge in [0.2, 0.25) is 0 Å². The van der Waals surface area contributed by atoms with Crippen LogP contribution in [0.4, 0.5) is 0 Å². The molecule has 1 fully saturated rings. The fourth-order valence-corrected chi connectivity index (χ4v) is 3.60. The molecule has 0 aromatic carbocycles. The van der Waals surface area contributed by atoms with Gasteiger partial charge in [0.1, 0.15) is 0 Å². The second-order valence-corrected chi connectivity index (χ2v) is 6.72. The lowest BCUT2D eigenvalue weighted by Gasteiger charge is -2.27. The number of pyridine rings is 2. The van der Waals surface area contributed by atoms with E-state index < -0.39 is 0 Å². The van der Waals surface area contributed by atoms with Crippen LogP contribution in [-0.2, 0) is 6.54 Å². The lowest BCUT2D eigenvalue weighted by atomic mass is 10.1. The highest BCUT2D eigenvalue weighted by atomic mass is 35.5. The van der Waals surface area contributed by atoms with Crippen LogP contribution in [-0.4, -0.2) is 45.4 Å². The molecule has 24 heavy (non-hydrogen) atoms. The van der Waals surface area contributed by atoms with Gasteiger partial charge in [-0.25, -0.2) is 4.98 Å². The Bertz CT molecular complexity index is 856. The summed E-state index contributed by atoms with van der Waals surface area (Å²) in [5.41, 5.74) is 3.71. The minimum atomic E-state index is 0.555. The number of fused-ring (bicyclic) bond motifs is 1. The maximum atomic E-state index is 6.37. The van der Waals surface area contributed by atoms with Crippen molar-refractivity contribution in [3.63, 3.8) is 0 Å². The summed E-state index contributed by atoms with van der Waals surface area (Å²) < 4.78 is 2.01. The minimum Gasteiger partial charge on any atom is -0.314 e. The monoisotopic (exact) mass is 361 g/mol. The number of hydrogen-bond acceptors (Lipinski definition) is 4. The van der Waals surface area contributed by atoms with Crippen LogP contribution in [0.2, 0.25) is 10.0 Å². The number of imidazole rings is 1. The zero-order valence-electron chi connectivity index (χ0n) is 13.0. The van der Waals surface area contributed by atoms with Crippen molar-refractivity contribution in [1.29, 1.82) is 0 Å². The van der Waals surface area contributed by atoms with Crippen molar-refractivity contribution in [3.8, 4) is 11.3 Å². The number of piperazine rings is 1. The Morgan fingerprint density at radius 1 is 1.21 bits per heavy atom. The van der Waals surface area contributed by atoms with Crippen LogP contribution < -0.4 is 5.32 Å². The van der Waals surface area contributed by atoms with E-state index in [0.29, 0.717) is 10.0 Å². The molecule has 5 nitrogen and oxygen atoms in total. The molecule has 0 radical (unpaired) electrons. The summed E-state index contributed by atoms with van der Waals surface area (Å²) in [5, 5.41) is 4.54. The summed E-state index contributed by atoms with van der Waals surface area (Å²) in [5.74, 6) is 0. The van der Waals surface area contributed by atoms with Gasteiger partial charge in [-0.3, -0.25) is 14.3 Å². The van der Waals surface area contributed by atoms with Crippen molar-refractivity contribution < 1.29 is 0 Å². The highest BCUT2D eigenvalue weighted by molar-refractivity contribution is 6.36. The van der Waals surface area contributed by atoms with Crippen molar-refractivity contribution in [2.75, 3.05) is 26.2 Å². The molecule has 1 N–H and O–H groups in total. The third kappa shape index (κ3) is 3.00. The third-order valence-corrected chi connectivity index (χ3v) is 4.74. The summed E-state index contributed by atoms with van der Waals surface area (Å²) in [6.07, 6.45) is 5.48. The van der Waals surface area contributed by atoms with Crippen molar-refractivity contribution in [2.24, 2.45) is 0 Å². The van der Waals surface area contributed by atoms with Gasteiger partial charge in [-0.05, 0) is 18.2 Å². The Balaban J connectivity index is 1.86. The highest BCUT2D eigenvalue weighted by Crippen LogP contribution is 2.30. The van der Waals surface area contributed by atoms with E-state index in [9.17, 15) is 0 Å². The molecule has 0 unspecified atom stereocenters. The van der Waals surface area contributed by atoms with Crippen LogP contribution >= 0.6 is 23.2 Å². The van der Waals surface area contributed by atoms with Gasteiger partial charge in [-0.15, -0.1) is 0 Å². The van der Waals surface area contributed by atoms with Crippen LogP contribution in [0, 0.1) is 0 Å². The van der Waals surface area contributed by atoms with Gasteiger partial charge in [0.25, 0.3) is 0 Å². The molecular formula is C17H17Cl2N5. The molecule has 0 spiro atoms. The van der Waals surface area contributed by atoms with Gasteiger partial charge >= 0.3 is 0 Å². The molecule has 3 aromatic heterocycles. The van der Waals surface area contributed by atoms with E-state index in [4.69, 9.17) is 28.2 Å². The van der Waals surface area contributed by atoms with Crippen LogP contribution in [0.1, 0.15) is 5.69 Å². The van der Waals surface area contributed by atoms with Gasteiger partial charge in [0.15, 0.2) is 5.65 Å². The Labute approximate surface area is 150 Å². The number of hydrogen-bond donors (Lipinski definition) is 1. The van der Waals surface area contributed by atoms with Crippen LogP contribution in [0.25, 0.3) is 16.9 Å². The maximum Gasteiger partial charge on any atom is 0.156 e. The molecule has 0 bridgehead atoms. The summed E-state index contributed by atoms with van der Waals surface area (Å²) in [7, 11) is 0. The summed E-state index contributed by atoms with van der Waals surface area (Å²) in [6, 6.07) is 5.67. The van der Waals surface area contributed by atoms with E-state index in [2.05, 4.69) is 15.2 Å². The van der Waals surface area contributed by atoms with Gasteiger partial charge in [-0.2, -0.15) is 0 Å². The van der Waals surface area contributed by atoms with E-state index >= 15 is 0 Å². The summed E-state index contributed by atoms with van der Waals surface area (Å²) in [4.78, 5) is 11.4. The lowest BCUT2D eigenvalue weighted by Crippen LogP contribution is -2.43. The van der Waals surface area contributed by atoms with Crippen molar-refractivity contribution in [3.05, 3.63) is 52.5 Å². The number of nitrogens with zero attached hydrogens (tertiary/aromatic N) is 4. The fourth-order valence-electron chi connectivity index (χ4n) is 3.09. The Hall–Kier alpha value is -1.66. The predicted molar refractivity (Wildman–Crippen MR) is 96.6 cm³/mol. The number of halogens is 2. The number of rotatable bonds is 3. The Morgan fingerprint density at radius 3 is 2.79 bits per heavy atom. The molecule has 0 atom stereocenters. The van der Waals surface area contributed by atoms with Gasteiger partial charge in [0.05, 0.1) is 21.4 Å². The fraction of sp³-hybridized carbons (Fsp3) is 0.294. The smallest absolute Gasteiger partial charge is 0.156 e. The third-order valence-electron chi connectivity index (χ3n) is 4.26. The average Bonchev–Trinajstić information content (AvgIpc) is 2.95. The Morgan fingerprint density at radius 2 is 2.04 bits per heavy atom. The van der Waals surface area contributed by atoms with E-state index in [1.807, 2.05) is 28.9 Å². The van der Waals surface area contributed by atoms with Crippen molar-refractivity contribution >= 4 is 28.8 Å². The van der Waals surface area contributed by atoms with Crippen LogP contribution in [0.5, 0.6) is 0 Å². The first-order valence-electron chi connectivity index (χ1n) is 7.92. The molecule has 7 heteroatoms. The maximum absolute atomic E-state index is 6.37. The first-order valence-corrected chi connectivity index (χ1v) is 8.67. The zero-order chi connectivity index (χ0) is 16.5. The predicted octanol–water partition coefficient (Wildman–Crippen LogP) is 3.11. The standard InChI is InChI=1S/C17H17Cl2N5/c18-13-8-14(19)17-22-16(12-2-1-3-21-9-12)15(24(17)10-13)11-23-6-4-20-5-7-23/h1-3,8-10,20H,4-7,11H2. The molecule has 1 aliphatic rings. The van der Waals surface area contributed by atoms with E-state index in [1.165, 1.54) is 0 Å². The molecule has 0 saturated carbocycles. The topological polar surface area (TPSA) is 45.5 Å². The molecular weight excluding hydrogens is 345 g/mol. The van der Waals surface area contributed by atoms with Crippen LogP contribution in [0.15, 0.2) is 36.8 Å². The Kier molecular flexibility index (Phi) is 4.41. The zero-order valence-corrected chi connectivity index (χ0v) is 14.6. The second-order valence-electron chi connectivity index (χ2n) is 5.87. The molecule has 124 valence electrons. The van der Waals surface area contributed by atoms with E-state index in [0.717, 1.165) is 55.3 Å². The van der Waals surface area contributed by atoms with Crippen LogP contribution in [0.3, 0.4) is 0 Å². The number of nitrogens with one attached hydrogen (secondary N) is 1. The molecule has 0 amide bonds. The van der Waals surface area contributed by atoms with Gasteiger partial charge in [0, 0.05) is 56.9 Å². The number of aromatic nitrogens is 3. The molecule has 4 rings (SSSR count). The molecule has 3 aromatic rings. The first kappa shape index (κ1) is 15.8. The first-order chi connectivity index (χ1) is 11.7. The van der Waals surface area contributed by atoms with Gasteiger partial charge < -0.3 is 5.32 Å². The lowest BCUT2D eigenvalue weighted by molar-refractivity contribution is 0.230. The molecule has 1 saturated heterocycles.